The van der Waals surface area contributed by atoms with Gasteiger partial charge in [-0.15, -0.1) is 10.2 Å². The number of anilines is 1. The van der Waals surface area contributed by atoms with E-state index in [1.165, 1.54) is 0 Å². The van der Waals surface area contributed by atoms with Crippen molar-refractivity contribution in [2.24, 2.45) is 4.99 Å². The Morgan fingerprint density at radius 1 is 0.963 bits per heavy atom. The zero-order valence-electron chi connectivity index (χ0n) is 14.7. The number of hydrogen-bond donors (Lipinski definition) is 0. The number of ether oxygens (including phenoxy) is 1. The lowest BCUT2D eigenvalue weighted by molar-refractivity contribution is 0.122. The van der Waals surface area contributed by atoms with Gasteiger partial charge in [0.05, 0.1) is 24.6 Å². The third kappa shape index (κ3) is 2.96. The van der Waals surface area contributed by atoms with Gasteiger partial charge in [0.2, 0.25) is 5.95 Å². The highest BCUT2D eigenvalue weighted by Gasteiger charge is 2.26. The van der Waals surface area contributed by atoms with Crippen LogP contribution in [0.1, 0.15) is 17.0 Å². The summed E-state index contributed by atoms with van der Waals surface area (Å²) < 4.78 is 8.67. The van der Waals surface area contributed by atoms with Crippen LogP contribution in [-0.2, 0) is 11.3 Å². The van der Waals surface area contributed by atoms with Crippen LogP contribution >= 0.6 is 15.9 Å². The first-order valence-corrected chi connectivity index (χ1v) is 9.78. The molecule has 0 radical (unpaired) electrons. The van der Waals surface area contributed by atoms with Crippen molar-refractivity contribution in [3.05, 3.63) is 70.0 Å². The quantitative estimate of drug-likeness (QED) is 0.634. The summed E-state index contributed by atoms with van der Waals surface area (Å²) in [6.07, 6.45) is 0. The van der Waals surface area contributed by atoms with E-state index < -0.39 is 0 Å². The number of morpholine rings is 1. The van der Waals surface area contributed by atoms with E-state index in [4.69, 9.17) is 9.73 Å². The molecule has 0 atom stereocenters. The zero-order valence-corrected chi connectivity index (χ0v) is 16.3. The second-order valence-electron chi connectivity index (χ2n) is 6.54. The lowest BCUT2D eigenvalue weighted by Gasteiger charge is -2.28. The van der Waals surface area contributed by atoms with E-state index in [-0.39, 0.29) is 0 Å². The highest BCUT2D eigenvalue weighted by Crippen LogP contribution is 2.31. The number of aromatic nitrogens is 3. The van der Waals surface area contributed by atoms with Crippen LogP contribution in [0.15, 0.2) is 58.0 Å². The van der Waals surface area contributed by atoms with Crippen LogP contribution in [0.2, 0.25) is 0 Å². The van der Waals surface area contributed by atoms with E-state index in [2.05, 4.69) is 65.9 Å². The summed E-state index contributed by atoms with van der Waals surface area (Å²) >= 11 is 3.62. The Morgan fingerprint density at radius 3 is 2.59 bits per heavy atom. The van der Waals surface area contributed by atoms with E-state index >= 15 is 0 Å². The Balaban J connectivity index is 1.69. The largest absolute Gasteiger partial charge is 0.378 e. The summed E-state index contributed by atoms with van der Waals surface area (Å²) in [5.41, 5.74) is 4.21. The summed E-state index contributed by atoms with van der Waals surface area (Å²) in [4.78, 5) is 7.14. The maximum Gasteiger partial charge on any atom is 0.232 e. The topological polar surface area (TPSA) is 55.5 Å². The van der Waals surface area contributed by atoms with Crippen LogP contribution in [0.4, 0.5) is 5.95 Å². The Hall–Kier alpha value is -2.51. The third-order valence-electron chi connectivity index (χ3n) is 4.89. The van der Waals surface area contributed by atoms with Gasteiger partial charge in [-0.3, -0.25) is 9.56 Å². The number of aliphatic imine (C=N–C) groups is 1. The maximum atomic E-state index is 5.50. The smallest absolute Gasteiger partial charge is 0.232 e. The number of fused-ring (bicyclic) bond motifs is 3. The fraction of sp³-hybridized carbons (Fsp3) is 0.250. The molecule has 7 heteroatoms. The lowest BCUT2D eigenvalue weighted by Crippen LogP contribution is -2.38. The van der Waals surface area contributed by atoms with Gasteiger partial charge < -0.3 is 9.64 Å². The summed E-state index contributed by atoms with van der Waals surface area (Å²) in [5.74, 6) is 1.72. The van der Waals surface area contributed by atoms with Crippen molar-refractivity contribution in [2.45, 2.75) is 6.54 Å². The first-order valence-electron chi connectivity index (χ1n) is 8.98. The molecular formula is C20H18BrN5O. The van der Waals surface area contributed by atoms with Crippen molar-refractivity contribution in [3.8, 4) is 5.69 Å². The normalized spacial score (nSPS) is 16.3. The van der Waals surface area contributed by atoms with E-state index in [9.17, 15) is 0 Å². The molecule has 0 unspecified atom stereocenters. The van der Waals surface area contributed by atoms with Crippen molar-refractivity contribution < 1.29 is 4.74 Å². The van der Waals surface area contributed by atoms with Gasteiger partial charge >= 0.3 is 0 Å². The first-order chi connectivity index (χ1) is 13.3. The lowest BCUT2D eigenvalue weighted by atomic mass is 10.0. The van der Waals surface area contributed by atoms with Crippen molar-refractivity contribution in [1.29, 1.82) is 0 Å². The molecule has 3 heterocycles. The molecule has 1 saturated heterocycles. The SMILES string of the molecule is Brc1ccc2c(c1)C(c1ccccc1)=NCc1nnc(N3CCOCC3)n1-2. The van der Waals surface area contributed by atoms with Crippen LogP contribution in [0.3, 0.4) is 0 Å². The first kappa shape index (κ1) is 16.6. The maximum absolute atomic E-state index is 5.50. The minimum Gasteiger partial charge on any atom is -0.378 e. The number of benzene rings is 2. The Kier molecular flexibility index (Phi) is 4.26. The molecule has 0 N–H and O–H groups in total. The van der Waals surface area contributed by atoms with Crippen LogP contribution < -0.4 is 4.90 Å². The predicted octanol–water partition coefficient (Wildman–Crippen LogP) is 3.22. The molecule has 0 bridgehead atoms. The molecule has 3 aromatic rings. The Bertz CT molecular complexity index is 1010. The molecule has 5 rings (SSSR count). The summed E-state index contributed by atoms with van der Waals surface area (Å²) in [6, 6.07) is 16.6. The van der Waals surface area contributed by atoms with Gasteiger partial charge in [0.1, 0.15) is 6.54 Å². The molecule has 0 amide bonds. The highest BCUT2D eigenvalue weighted by molar-refractivity contribution is 9.10. The average molecular weight is 424 g/mol. The van der Waals surface area contributed by atoms with Crippen molar-refractivity contribution in [2.75, 3.05) is 31.2 Å². The van der Waals surface area contributed by atoms with E-state index in [0.29, 0.717) is 19.8 Å². The second kappa shape index (κ2) is 6.90. The molecule has 2 aliphatic heterocycles. The number of halogens is 1. The number of rotatable bonds is 2. The molecule has 27 heavy (non-hydrogen) atoms. The predicted molar refractivity (Wildman–Crippen MR) is 108 cm³/mol. The monoisotopic (exact) mass is 423 g/mol. The highest BCUT2D eigenvalue weighted by atomic mass is 79.9. The number of hydrogen-bond acceptors (Lipinski definition) is 5. The Labute approximate surface area is 165 Å². The molecule has 0 aliphatic carbocycles. The van der Waals surface area contributed by atoms with E-state index in [1.807, 2.05) is 18.2 Å². The molecular weight excluding hydrogens is 406 g/mol. The van der Waals surface area contributed by atoms with Crippen molar-refractivity contribution in [1.82, 2.24) is 14.8 Å². The Morgan fingerprint density at radius 2 is 1.78 bits per heavy atom. The van der Waals surface area contributed by atoms with Gasteiger partial charge in [-0.1, -0.05) is 46.3 Å². The summed E-state index contributed by atoms with van der Waals surface area (Å²) in [7, 11) is 0. The fourth-order valence-corrected chi connectivity index (χ4v) is 3.96. The van der Waals surface area contributed by atoms with E-state index in [1.54, 1.807) is 0 Å². The molecule has 6 nitrogen and oxygen atoms in total. The van der Waals surface area contributed by atoms with Crippen molar-refractivity contribution >= 4 is 27.6 Å². The standard InChI is InChI=1S/C20H18BrN5O/c21-15-6-7-17-16(12-15)19(14-4-2-1-3-5-14)22-13-18-23-24-20(26(17)18)25-8-10-27-11-9-25/h1-7,12H,8-11,13H2. The number of nitrogens with zero attached hydrogens (tertiary/aromatic N) is 5. The molecule has 1 aromatic heterocycles. The summed E-state index contributed by atoms with van der Waals surface area (Å²) in [6.45, 7) is 3.54. The van der Waals surface area contributed by atoms with E-state index in [0.717, 1.165) is 51.9 Å². The molecule has 0 spiro atoms. The van der Waals surface area contributed by atoms with Gasteiger partial charge in [0, 0.05) is 28.7 Å². The van der Waals surface area contributed by atoms with Gasteiger partial charge in [-0.2, -0.15) is 0 Å². The van der Waals surface area contributed by atoms with Gasteiger partial charge in [-0.05, 0) is 18.2 Å². The van der Waals surface area contributed by atoms with Gasteiger partial charge in [0.15, 0.2) is 5.82 Å². The minimum atomic E-state index is 0.494. The van der Waals surface area contributed by atoms with Crippen LogP contribution in [0.25, 0.3) is 5.69 Å². The molecule has 2 aromatic carbocycles. The molecule has 2 aliphatic rings. The molecule has 0 saturated carbocycles. The minimum absolute atomic E-state index is 0.494. The second-order valence-corrected chi connectivity index (χ2v) is 7.46. The molecule has 136 valence electrons. The average Bonchev–Trinajstić information content (AvgIpc) is 3.07. The van der Waals surface area contributed by atoms with Crippen LogP contribution in [-0.4, -0.2) is 46.8 Å². The fourth-order valence-electron chi connectivity index (χ4n) is 3.60. The van der Waals surface area contributed by atoms with Gasteiger partial charge in [0.25, 0.3) is 0 Å². The summed E-state index contributed by atoms with van der Waals surface area (Å²) in [5, 5.41) is 8.94. The zero-order chi connectivity index (χ0) is 18.2. The van der Waals surface area contributed by atoms with Crippen molar-refractivity contribution in [3.63, 3.8) is 0 Å². The van der Waals surface area contributed by atoms with Gasteiger partial charge in [-0.25, -0.2) is 0 Å². The third-order valence-corrected chi connectivity index (χ3v) is 5.38. The molecule has 1 fully saturated rings. The van der Waals surface area contributed by atoms with Crippen LogP contribution in [0.5, 0.6) is 0 Å². The van der Waals surface area contributed by atoms with Crippen LogP contribution in [0, 0.1) is 0 Å².